The fourth-order valence-corrected chi connectivity index (χ4v) is 5.93. The van der Waals surface area contributed by atoms with Gasteiger partial charge in [-0.25, -0.2) is 8.42 Å². The topological polar surface area (TPSA) is 101 Å². The SMILES string of the molecule is O=C(O)CCC(CC1CCCCC1)NC(=O)CS(=O)(=O)C1CCCC1. The smallest absolute Gasteiger partial charge is 0.303 e. The van der Waals surface area contributed by atoms with E-state index in [4.69, 9.17) is 5.11 Å². The molecule has 0 saturated heterocycles. The Labute approximate surface area is 150 Å². The lowest BCUT2D eigenvalue weighted by atomic mass is 9.84. The molecule has 0 aliphatic heterocycles. The summed E-state index contributed by atoms with van der Waals surface area (Å²) in [5.74, 6) is -1.33. The van der Waals surface area contributed by atoms with E-state index in [9.17, 15) is 18.0 Å². The second kappa shape index (κ2) is 9.55. The van der Waals surface area contributed by atoms with Crippen LogP contribution >= 0.6 is 0 Å². The monoisotopic (exact) mass is 373 g/mol. The van der Waals surface area contributed by atoms with Crippen molar-refractivity contribution >= 4 is 21.7 Å². The first-order valence-corrected chi connectivity index (χ1v) is 11.3. The molecule has 2 rings (SSSR count). The predicted octanol–water partition coefficient (Wildman–Crippen LogP) is 2.66. The van der Waals surface area contributed by atoms with Gasteiger partial charge in [0.15, 0.2) is 9.84 Å². The average molecular weight is 374 g/mol. The zero-order valence-corrected chi connectivity index (χ0v) is 15.7. The summed E-state index contributed by atoms with van der Waals surface area (Å²) in [6.07, 6.45) is 10.1. The summed E-state index contributed by atoms with van der Waals surface area (Å²) in [7, 11) is -3.40. The Bertz CT molecular complexity index is 548. The molecule has 0 aromatic heterocycles. The predicted molar refractivity (Wildman–Crippen MR) is 96.0 cm³/mol. The van der Waals surface area contributed by atoms with E-state index in [-0.39, 0.29) is 17.7 Å². The molecule has 2 N–H and O–H groups in total. The van der Waals surface area contributed by atoms with E-state index < -0.39 is 27.5 Å². The first kappa shape index (κ1) is 20.2. The van der Waals surface area contributed by atoms with Crippen LogP contribution in [0.3, 0.4) is 0 Å². The van der Waals surface area contributed by atoms with Crippen LogP contribution in [0, 0.1) is 5.92 Å². The van der Waals surface area contributed by atoms with Gasteiger partial charge >= 0.3 is 5.97 Å². The molecule has 2 aliphatic rings. The van der Waals surface area contributed by atoms with Gasteiger partial charge in [0.2, 0.25) is 5.91 Å². The van der Waals surface area contributed by atoms with Crippen molar-refractivity contribution in [2.24, 2.45) is 5.92 Å². The van der Waals surface area contributed by atoms with Gasteiger partial charge in [-0.3, -0.25) is 9.59 Å². The molecule has 7 heteroatoms. The van der Waals surface area contributed by atoms with Crippen LogP contribution < -0.4 is 5.32 Å². The number of sulfone groups is 1. The average Bonchev–Trinajstić information content (AvgIpc) is 3.08. The standard InChI is InChI=1S/C18H31NO5S/c20-17(13-25(23,24)16-8-4-5-9-16)19-15(10-11-18(21)22)12-14-6-2-1-3-7-14/h14-16H,1-13H2,(H,19,20)(H,21,22). The highest BCUT2D eigenvalue weighted by Crippen LogP contribution is 2.28. The Kier molecular flexibility index (Phi) is 7.72. The largest absolute Gasteiger partial charge is 0.481 e. The van der Waals surface area contributed by atoms with E-state index in [0.717, 1.165) is 32.1 Å². The molecule has 6 nitrogen and oxygen atoms in total. The number of carboxylic acid groups (broad SMARTS) is 1. The Hall–Kier alpha value is -1.11. The van der Waals surface area contributed by atoms with Gasteiger partial charge in [0, 0.05) is 12.5 Å². The van der Waals surface area contributed by atoms with Crippen molar-refractivity contribution in [2.45, 2.75) is 88.3 Å². The van der Waals surface area contributed by atoms with Crippen molar-refractivity contribution in [2.75, 3.05) is 5.75 Å². The van der Waals surface area contributed by atoms with Gasteiger partial charge in [0.05, 0.1) is 5.25 Å². The minimum Gasteiger partial charge on any atom is -0.481 e. The number of aliphatic carboxylic acids is 1. The Morgan fingerprint density at radius 3 is 2.20 bits per heavy atom. The van der Waals surface area contributed by atoms with Gasteiger partial charge in [-0.2, -0.15) is 0 Å². The van der Waals surface area contributed by atoms with Crippen molar-refractivity contribution in [3.05, 3.63) is 0 Å². The summed E-state index contributed by atoms with van der Waals surface area (Å²) in [5.41, 5.74) is 0. The van der Waals surface area contributed by atoms with Crippen molar-refractivity contribution in [1.29, 1.82) is 0 Å². The lowest BCUT2D eigenvalue weighted by molar-refractivity contribution is -0.137. The molecule has 1 unspecified atom stereocenters. The van der Waals surface area contributed by atoms with E-state index in [1.807, 2.05) is 0 Å². The number of carbonyl (C=O) groups excluding carboxylic acids is 1. The molecule has 1 amide bonds. The maximum absolute atomic E-state index is 12.3. The number of hydrogen-bond donors (Lipinski definition) is 2. The van der Waals surface area contributed by atoms with Crippen molar-refractivity contribution in [1.82, 2.24) is 5.32 Å². The molecule has 144 valence electrons. The lowest BCUT2D eigenvalue weighted by Gasteiger charge is -2.27. The molecule has 0 heterocycles. The Morgan fingerprint density at radius 2 is 1.60 bits per heavy atom. The summed E-state index contributed by atoms with van der Waals surface area (Å²) >= 11 is 0. The first-order chi connectivity index (χ1) is 11.9. The minimum atomic E-state index is -3.40. The van der Waals surface area contributed by atoms with E-state index >= 15 is 0 Å². The van der Waals surface area contributed by atoms with Crippen molar-refractivity contribution < 1.29 is 23.1 Å². The number of carboxylic acids is 1. The van der Waals surface area contributed by atoms with Crippen LogP contribution in [0.25, 0.3) is 0 Å². The summed E-state index contributed by atoms with van der Waals surface area (Å²) in [6, 6.07) is -0.245. The van der Waals surface area contributed by atoms with Crippen LogP contribution in [0.2, 0.25) is 0 Å². The zero-order valence-electron chi connectivity index (χ0n) is 14.9. The van der Waals surface area contributed by atoms with E-state index in [1.54, 1.807) is 0 Å². The van der Waals surface area contributed by atoms with Crippen LogP contribution in [0.15, 0.2) is 0 Å². The molecule has 0 radical (unpaired) electrons. The highest BCUT2D eigenvalue weighted by Gasteiger charge is 2.31. The summed E-state index contributed by atoms with van der Waals surface area (Å²) < 4.78 is 24.7. The number of nitrogens with one attached hydrogen (secondary N) is 1. The van der Waals surface area contributed by atoms with Gasteiger partial charge in [0.1, 0.15) is 5.75 Å². The summed E-state index contributed by atoms with van der Waals surface area (Å²) in [5, 5.41) is 11.4. The number of carbonyl (C=O) groups is 2. The zero-order chi connectivity index (χ0) is 18.3. The second-order valence-electron chi connectivity index (χ2n) is 7.65. The first-order valence-electron chi connectivity index (χ1n) is 9.59. The van der Waals surface area contributed by atoms with Crippen molar-refractivity contribution in [3.8, 4) is 0 Å². The molecule has 0 aromatic rings. The van der Waals surface area contributed by atoms with Gasteiger partial charge < -0.3 is 10.4 Å². The third-order valence-electron chi connectivity index (χ3n) is 5.56. The molecule has 25 heavy (non-hydrogen) atoms. The molecular formula is C18H31NO5S. The van der Waals surface area contributed by atoms with E-state index in [1.165, 1.54) is 19.3 Å². The molecule has 1 atom stereocenters. The quantitative estimate of drug-likeness (QED) is 0.647. The van der Waals surface area contributed by atoms with Gasteiger partial charge in [-0.05, 0) is 31.6 Å². The minimum absolute atomic E-state index is 0.00690. The normalized spacial score (nSPS) is 21.1. The Morgan fingerprint density at radius 1 is 1.00 bits per heavy atom. The number of amides is 1. The van der Waals surface area contributed by atoms with Gasteiger partial charge in [0.25, 0.3) is 0 Å². The maximum Gasteiger partial charge on any atom is 0.303 e. The highest BCUT2D eigenvalue weighted by molar-refractivity contribution is 7.92. The van der Waals surface area contributed by atoms with Crippen molar-refractivity contribution in [3.63, 3.8) is 0 Å². The van der Waals surface area contributed by atoms with E-state index in [2.05, 4.69) is 5.32 Å². The fourth-order valence-electron chi connectivity index (χ4n) is 4.19. The number of hydrogen-bond acceptors (Lipinski definition) is 4. The van der Waals surface area contributed by atoms with Gasteiger partial charge in [-0.1, -0.05) is 44.9 Å². The number of rotatable bonds is 9. The molecule has 0 aromatic carbocycles. The summed E-state index contributed by atoms with van der Waals surface area (Å²) in [4.78, 5) is 23.2. The Balaban J connectivity index is 1.89. The molecular weight excluding hydrogens is 342 g/mol. The molecule has 2 aliphatic carbocycles. The molecule has 2 fully saturated rings. The molecule has 0 bridgehead atoms. The lowest BCUT2D eigenvalue weighted by Crippen LogP contribution is -2.41. The van der Waals surface area contributed by atoms with Crippen LogP contribution in [0.4, 0.5) is 0 Å². The molecule has 0 spiro atoms. The van der Waals surface area contributed by atoms with Gasteiger partial charge in [-0.15, -0.1) is 0 Å². The second-order valence-corrected chi connectivity index (χ2v) is 9.93. The van der Waals surface area contributed by atoms with Crippen LogP contribution in [0.1, 0.15) is 77.0 Å². The summed E-state index contributed by atoms with van der Waals surface area (Å²) in [6.45, 7) is 0. The van der Waals surface area contributed by atoms with Crippen LogP contribution in [0.5, 0.6) is 0 Å². The third kappa shape index (κ3) is 6.96. The van der Waals surface area contributed by atoms with Crippen LogP contribution in [-0.2, 0) is 19.4 Å². The van der Waals surface area contributed by atoms with Crippen LogP contribution in [-0.4, -0.2) is 42.4 Å². The maximum atomic E-state index is 12.3. The fraction of sp³-hybridized carbons (Fsp3) is 0.889. The molecule has 2 saturated carbocycles. The third-order valence-corrected chi connectivity index (χ3v) is 7.71. The highest BCUT2D eigenvalue weighted by atomic mass is 32.2. The van der Waals surface area contributed by atoms with E-state index in [0.29, 0.717) is 25.2 Å².